The van der Waals surface area contributed by atoms with E-state index in [0.717, 1.165) is 13.5 Å². The number of pyridine rings is 1. The molecule has 194 valence electrons. The molecule has 10 heteroatoms. The predicted octanol–water partition coefficient (Wildman–Crippen LogP) is 4.89. The fourth-order valence-electron chi connectivity index (χ4n) is 5.59. The number of hydrogen-bond donors (Lipinski definition) is 3. The number of halogens is 3. The Kier molecular flexibility index (Phi) is 6.90. The van der Waals surface area contributed by atoms with Gasteiger partial charge in [-0.25, -0.2) is 4.79 Å². The fraction of sp³-hybridized carbons (Fsp3) is 0.500. The van der Waals surface area contributed by atoms with E-state index in [-0.39, 0.29) is 23.6 Å². The van der Waals surface area contributed by atoms with Crippen molar-refractivity contribution in [2.75, 3.05) is 12.4 Å². The van der Waals surface area contributed by atoms with E-state index in [4.69, 9.17) is 5.11 Å². The summed E-state index contributed by atoms with van der Waals surface area (Å²) in [6.45, 7) is 4.27. The second-order valence-electron chi connectivity index (χ2n) is 10.3. The molecule has 1 aromatic heterocycles. The second kappa shape index (κ2) is 9.63. The fourth-order valence-corrected chi connectivity index (χ4v) is 5.59. The van der Waals surface area contributed by atoms with Crippen molar-refractivity contribution in [3.63, 3.8) is 0 Å². The summed E-state index contributed by atoms with van der Waals surface area (Å²) in [6.07, 6.45) is -2.84. The van der Waals surface area contributed by atoms with Gasteiger partial charge in [0.1, 0.15) is 0 Å². The molecule has 36 heavy (non-hydrogen) atoms. The zero-order valence-corrected chi connectivity index (χ0v) is 20.5. The maximum atomic E-state index is 14.1. The van der Waals surface area contributed by atoms with E-state index in [0.29, 0.717) is 23.4 Å². The minimum atomic E-state index is -4.72. The molecular weight excluding hydrogens is 473 g/mol. The van der Waals surface area contributed by atoms with E-state index in [9.17, 15) is 22.8 Å². The van der Waals surface area contributed by atoms with E-state index in [1.807, 2.05) is 12.1 Å². The van der Waals surface area contributed by atoms with E-state index < -0.39 is 36.2 Å². The summed E-state index contributed by atoms with van der Waals surface area (Å²) in [5.74, 6) is -1.34. The Labute approximate surface area is 208 Å². The van der Waals surface area contributed by atoms with Crippen LogP contribution in [0.15, 0.2) is 42.6 Å². The molecule has 2 aromatic rings. The van der Waals surface area contributed by atoms with Crippen LogP contribution in [0.2, 0.25) is 0 Å². The van der Waals surface area contributed by atoms with E-state index >= 15 is 0 Å². The van der Waals surface area contributed by atoms with Crippen molar-refractivity contribution < 1.29 is 27.9 Å². The minimum Gasteiger partial charge on any atom is -0.465 e. The lowest BCUT2D eigenvalue weighted by Crippen LogP contribution is -2.43. The monoisotopic (exact) mass is 504 g/mol. The summed E-state index contributed by atoms with van der Waals surface area (Å²) in [4.78, 5) is 28.6. The Morgan fingerprint density at radius 3 is 2.50 bits per heavy atom. The van der Waals surface area contributed by atoms with Gasteiger partial charge in [-0.2, -0.15) is 13.2 Å². The van der Waals surface area contributed by atoms with Crippen molar-refractivity contribution in [1.29, 1.82) is 0 Å². The van der Waals surface area contributed by atoms with Crippen LogP contribution in [0.3, 0.4) is 0 Å². The molecule has 4 atom stereocenters. The van der Waals surface area contributed by atoms with Crippen LogP contribution in [0.4, 0.5) is 23.7 Å². The highest BCUT2D eigenvalue weighted by Gasteiger charge is 2.48. The van der Waals surface area contributed by atoms with Gasteiger partial charge < -0.3 is 20.6 Å². The number of nitrogens with zero attached hydrogens (tertiary/aromatic N) is 2. The van der Waals surface area contributed by atoms with Crippen LogP contribution in [0.1, 0.15) is 56.0 Å². The van der Waals surface area contributed by atoms with E-state index in [1.165, 1.54) is 23.4 Å². The molecule has 2 aliphatic carbocycles. The Bertz CT molecular complexity index is 1120. The normalized spacial score (nSPS) is 23.6. The molecule has 0 bridgehead atoms. The van der Waals surface area contributed by atoms with Gasteiger partial charge in [0, 0.05) is 30.5 Å². The lowest BCUT2D eigenvalue weighted by molar-refractivity contribution is -0.191. The largest absolute Gasteiger partial charge is 0.465 e. The van der Waals surface area contributed by atoms with Crippen LogP contribution in [0.5, 0.6) is 0 Å². The van der Waals surface area contributed by atoms with Crippen molar-refractivity contribution in [2.24, 2.45) is 5.92 Å². The van der Waals surface area contributed by atoms with Crippen molar-refractivity contribution in [1.82, 2.24) is 15.2 Å². The zero-order chi connectivity index (χ0) is 26.3. The molecule has 2 amide bonds. The molecule has 1 aromatic carbocycles. The van der Waals surface area contributed by atoms with Gasteiger partial charge in [-0.1, -0.05) is 38.1 Å². The Morgan fingerprint density at radius 1 is 1.17 bits per heavy atom. The average molecular weight is 505 g/mol. The van der Waals surface area contributed by atoms with Crippen LogP contribution in [0.25, 0.3) is 0 Å². The lowest BCUT2D eigenvalue weighted by Gasteiger charge is -2.32. The first-order valence-corrected chi connectivity index (χ1v) is 12.0. The maximum absolute atomic E-state index is 14.1. The van der Waals surface area contributed by atoms with Crippen LogP contribution in [-0.4, -0.2) is 52.3 Å². The molecule has 4 rings (SSSR count). The first kappa shape index (κ1) is 25.8. The third kappa shape index (κ3) is 5.12. The first-order chi connectivity index (χ1) is 16.9. The lowest BCUT2D eigenvalue weighted by atomic mass is 9.83. The smallest absolute Gasteiger partial charge is 0.414 e. The van der Waals surface area contributed by atoms with Gasteiger partial charge in [0.2, 0.25) is 5.91 Å². The number of anilines is 1. The van der Waals surface area contributed by atoms with Crippen LogP contribution >= 0.6 is 0 Å². The highest BCUT2D eigenvalue weighted by atomic mass is 19.4. The molecule has 0 saturated heterocycles. The molecule has 0 radical (unpaired) electrons. The Morgan fingerprint density at radius 2 is 1.89 bits per heavy atom. The molecule has 7 nitrogen and oxygen atoms in total. The number of rotatable bonds is 6. The number of hydrogen-bond acceptors (Lipinski definition) is 4. The molecule has 1 saturated carbocycles. The van der Waals surface area contributed by atoms with Crippen molar-refractivity contribution in [3.8, 4) is 0 Å². The summed E-state index contributed by atoms with van der Waals surface area (Å²) in [5, 5.41) is 14.6. The number of alkyl halides is 3. The number of fused-ring (bicyclic) bond motifs is 1. The summed E-state index contributed by atoms with van der Waals surface area (Å²) in [7, 11) is 1.13. The number of aromatic nitrogens is 1. The van der Waals surface area contributed by atoms with Gasteiger partial charge in [-0.3, -0.25) is 9.78 Å². The molecular formula is C26H31F3N4O3. The number of nitrogens with one attached hydrogen (secondary N) is 2. The number of amides is 2. The zero-order valence-electron chi connectivity index (χ0n) is 20.5. The van der Waals surface area contributed by atoms with Gasteiger partial charge >= 0.3 is 12.3 Å². The summed E-state index contributed by atoms with van der Waals surface area (Å²) < 4.78 is 42.3. The Balaban J connectivity index is 1.48. The SMILES string of the molecule is CN(C(=O)[C@@H]1CC[C@H](NC(=O)O)C1)[C@@H](c1ccc(NC2Cc3ccccc3C2(C)C)cn1)C(F)(F)F. The molecule has 2 aliphatic rings. The highest BCUT2D eigenvalue weighted by Crippen LogP contribution is 2.41. The third-order valence-corrected chi connectivity index (χ3v) is 7.57. The van der Waals surface area contributed by atoms with Crippen LogP contribution in [0, 0.1) is 5.92 Å². The second-order valence-corrected chi connectivity index (χ2v) is 10.3. The summed E-state index contributed by atoms with van der Waals surface area (Å²) >= 11 is 0. The summed E-state index contributed by atoms with van der Waals surface area (Å²) in [6, 6.07) is 8.49. The van der Waals surface area contributed by atoms with Crippen molar-refractivity contribution >= 4 is 17.7 Å². The maximum Gasteiger partial charge on any atom is 0.414 e. The van der Waals surface area contributed by atoms with Gasteiger partial charge in [-0.15, -0.1) is 0 Å². The molecule has 1 unspecified atom stereocenters. The standard InChI is InChI=1S/C26H31F3N4O3/c1-25(2)19-7-5-4-6-15(19)13-21(25)31-18-10-11-20(30-14-18)22(26(27,28)29)33(3)23(34)16-8-9-17(12-16)32-24(35)36/h4-7,10-11,14,16-17,21-22,31-32H,8-9,12-13H2,1-3H3,(H,35,36)/t16-,17+,21?,22+/m1/s1. The molecule has 0 aliphatic heterocycles. The average Bonchev–Trinajstić information content (AvgIpc) is 3.35. The first-order valence-electron chi connectivity index (χ1n) is 12.0. The number of carboxylic acid groups (broad SMARTS) is 1. The molecule has 3 N–H and O–H groups in total. The molecule has 1 fully saturated rings. The number of benzene rings is 1. The number of carbonyl (C=O) groups is 2. The molecule has 1 heterocycles. The molecule has 0 spiro atoms. The van der Waals surface area contributed by atoms with Crippen LogP contribution < -0.4 is 10.6 Å². The highest BCUT2D eigenvalue weighted by molar-refractivity contribution is 5.79. The van der Waals surface area contributed by atoms with Crippen LogP contribution in [-0.2, 0) is 16.6 Å². The van der Waals surface area contributed by atoms with Gasteiger partial charge in [0.05, 0.1) is 17.6 Å². The van der Waals surface area contributed by atoms with Crippen molar-refractivity contribution in [3.05, 3.63) is 59.4 Å². The summed E-state index contributed by atoms with van der Waals surface area (Å²) in [5.41, 5.74) is 2.67. The number of carbonyl (C=O) groups excluding carboxylic acids is 1. The van der Waals surface area contributed by atoms with Gasteiger partial charge in [0.25, 0.3) is 0 Å². The van der Waals surface area contributed by atoms with Gasteiger partial charge in [0.15, 0.2) is 6.04 Å². The third-order valence-electron chi connectivity index (χ3n) is 7.57. The van der Waals surface area contributed by atoms with E-state index in [2.05, 4.69) is 41.6 Å². The Hall–Kier alpha value is -3.30. The quantitative estimate of drug-likeness (QED) is 0.521. The topological polar surface area (TPSA) is 94.6 Å². The van der Waals surface area contributed by atoms with Gasteiger partial charge in [-0.05, 0) is 48.9 Å². The van der Waals surface area contributed by atoms with E-state index in [1.54, 1.807) is 6.07 Å². The predicted molar refractivity (Wildman–Crippen MR) is 129 cm³/mol. The minimum absolute atomic E-state index is 0.0555. The van der Waals surface area contributed by atoms with Crippen molar-refractivity contribution in [2.45, 2.75) is 69.2 Å².